The molecule has 210 valence electrons. The summed E-state index contributed by atoms with van der Waals surface area (Å²) in [6.07, 6.45) is 10.1. The van der Waals surface area contributed by atoms with Crippen molar-refractivity contribution in [3.05, 3.63) is 36.0 Å². The molecule has 1 aliphatic rings. The van der Waals surface area contributed by atoms with Crippen LogP contribution >= 0.6 is 49.6 Å². The van der Waals surface area contributed by atoms with Gasteiger partial charge in [0.1, 0.15) is 5.75 Å². The Labute approximate surface area is 242 Å². The summed E-state index contributed by atoms with van der Waals surface area (Å²) in [6, 6.07) is 8.38. The molecular formula is C26H46Cl4N4O2. The Morgan fingerprint density at radius 2 is 1.75 bits per heavy atom. The van der Waals surface area contributed by atoms with Gasteiger partial charge in [-0.25, -0.2) is 0 Å². The highest BCUT2D eigenvalue weighted by Crippen LogP contribution is 2.28. The van der Waals surface area contributed by atoms with Crippen LogP contribution in [0.4, 0.5) is 0 Å². The monoisotopic (exact) mass is 586 g/mol. The molecular weight excluding hydrogens is 542 g/mol. The minimum atomic E-state index is -0.539. The van der Waals surface area contributed by atoms with E-state index in [2.05, 4.69) is 21.7 Å². The van der Waals surface area contributed by atoms with Crippen molar-refractivity contribution < 1.29 is 9.84 Å². The lowest BCUT2D eigenvalue weighted by Gasteiger charge is -2.39. The largest absolute Gasteiger partial charge is 0.497 e. The number of rotatable bonds is 13. The SMILES string of the molecule is CCCCCCCN(CCN)C1CCN(C[C@H](O)c2ccnc3ccc(OC)cc23)CC1.Cl.Cl.Cl.Cl. The van der Waals surface area contributed by atoms with E-state index in [1.165, 1.54) is 38.6 Å². The molecule has 0 aliphatic carbocycles. The maximum atomic E-state index is 11.0. The molecule has 1 aliphatic heterocycles. The summed E-state index contributed by atoms with van der Waals surface area (Å²) in [5.41, 5.74) is 7.72. The average Bonchev–Trinajstić information content (AvgIpc) is 2.83. The lowest BCUT2D eigenvalue weighted by molar-refractivity contribution is 0.0676. The molecule has 0 radical (unpaired) electrons. The van der Waals surface area contributed by atoms with E-state index in [9.17, 15) is 5.11 Å². The van der Waals surface area contributed by atoms with Crippen LogP contribution in [-0.4, -0.2) is 72.3 Å². The van der Waals surface area contributed by atoms with Crippen molar-refractivity contribution in [2.24, 2.45) is 5.73 Å². The zero-order chi connectivity index (χ0) is 22.8. The number of nitrogens with zero attached hydrogens (tertiary/aromatic N) is 3. The molecule has 0 bridgehead atoms. The molecule has 0 amide bonds. The van der Waals surface area contributed by atoms with Crippen LogP contribution in [0.15, 0.2) is 30.5 Å². The molecule has 10 heteroatoms. The first kappa shape index (κ1) is 37.6. The first-order chi connectivity index (χ1) is 15.7. The molecule has 1 aromatic carbocycles. The van der Waals surface area contributed by atoms with E-state index < -0.39 is 6.10 Å². The predicted octanol–water partition coefficient (Wildman–Crippen LogP) is 5.66. The number of aliphatic hydroxyl groups excluding tert-OH is 1. The molecule has 2 heterocycles. The highest BCUT2D eigenvalue weighted by Gasteiger charge is 2.26. The molecule has 1 saturated heterocycles. The van der Waals surface area contributed by atoms with Crippen LogP contribution in [0.3, 0.4) is 0 Å². The number of unbranched alkanes of at least 4 members (excludes halogenated alkanes) is 4. The number of aliphatic hydroxyl groups is 1. The molecule has 6 nitrogen and oxygen atoms in total. The third-order valence-electron chi connectivity index (χ3n) is 6.81. The van der Waals surface area contributed by atoms with Crippen LogP contribution in [0.5, 0.6) is 5.75 Å². The number of aromatic nitrogens is 1. The van der Waals surface area contributed by atoms with E-state index in [0.717, 1.165) is 61.2 Å². The molecule has 1 atom stereocenters. The smallest absolute Gasteiger partial charge is 0.119 e. The molecule has 1 aromatic heterocycles. The molecule has 2 aromatic rings. The normalized spacial score (nSPS) is 14.8. The minimum Gasteiger partial charge on any atom is -0.497 e. The van der Waals surface area contributed by atoms with Crippen LogP contribution < -0.4 is 10.5 Å². The van der Waals surface area contributed by atoms with Gasteiger partial charge < -0.3 is 20.5 Å². The number of hydrogen-bond acceptors (Lipinski definition) is 6. The van der Waals surface area contributed by atoms with Crippen molar-refractivity contribution in [2.75, 3.05) is 46.4 Å². The summed E-state index contributed by atoms with van der Waals surface area (Å²) in [5, 5.41) is 12.0. The number of ether oxygens (including phenoxy) is 1. The number of piperidine rings is 1. The predicted molar refractivity (Wildman–Crippen MR) is 161 cm³/mol. The quantitative estimate of drug-likeness (QED) is 0.295. The molecule has 0 spiro atoms. The topological polar surface area (TPSA) is 74.9 Å². The third-order valence-corrected chi connectivity index (χ3v) is 6.81. The first-order valence-corrected chi connectivity index (χ1v) is 12.4. The fourth-order valence-corrected chi connectivity index (χ4v) is 4.94. The Balaban J connectivity index is 0. The second-order valence-electron chi connectivity index (χ2n) is 9.07. The van der Waals surface area contributed by atoms with Gasteiger partial charge in [-0.1, -0.05) is 32.6 Å². The Bertz CT molecular complexity index is 826. The number of halogens is 4. The summed E-state index contributed by atoms with van der Waals surface area (Å²) < 4.78 is 5.37. The zero-order valence-corrected chi connectivity index (χ0v) is 24.9. The number of fused-ring (bicyclic) bond motifs is 1. The van der Waals surface area contributed by atoms with Crippen molar-refractivity contribution in [1.82, 2.24) is 14.8 Å². The third kappa shape index (κ3) is 11.0. The molecule has 1 fully saturated rings. The van der Waals surface area contributed by atoms with Gasteiger partial charge in [0.05, 0.1) is 18.7 Å². The molecule has 0 saturated carbocycles. The summed E-state index contributed by atoms with van der Waals surface area (Å²) in [5.74, 6) is 0.787. The minimum absolute atomic E-state index is 0. The van der Waals surface area contributed by atoms with Crippen LogP contribution in [0.2, 0.25) is 0 Å². The zero-order valence-electron chi connectivity index (χ0n) is 21.6. The van der Waals surface area contributed by atoms with Crippen LogP contribution in [-0.2, 0) is 0 Å². The summed E-state index contributed by atoms with van der Waals surface area (Å²) in [4.78, 5) is 9.45. The Kier molecular flexibility index (Phi) is 21.3. The van der Waals surface area contributed by atoms with Gasteiger partial charge in [0.2, 0.25) is 0 Å². The van der Waals surface area contributed by atoms with Crippen molar-refractivity contribution in [2.45, 2.75) is 64.0 Å². The number of likely N-dealkylation sites (tertiary alicyclic amines) is 1. The van der Waals surface area contributed by atoms with Gasteiger partial charge in [-0.2, -0.15) is 0 Å². The maximum Gasteiger partial charge on any atom is 0.119 e. The highest BCUT2D eigenvalue weighted by atomic mass is 35.5. The first-order valence-electron chi connectivity index (χ1n) is 12.4. The van der Waals surface area contributed by atoms with Crippen molar-refractivity contribution >= 4 is 60.5 Å². The van der Waals surface area contributed by atoms with E-state index in [0.29, 0.717) is 12.6 Å². The summed E-state index contributed by atoms with van der Waals surface area (Å²) in [7, 11) is 1.66. The molecule has 3 rings (SSSR count). The van der Waals surface area contributed by atoms with Crippen molar-refractivity contribution in [1.29, 1.82) is 0 Å². The number of hydrogen-bond donors (Lipinski definition) is 2. The van der Waals surface area contributed by atoms with Gasteiger partial charge >= 0.3 is 0 Å². The van der Waals surface area contributed by atoms with Gasteiger partial charge in [-0.15, -0.1) is 49.6 Å². The Morgan fingerprint density at radius 1 is 1.06 bits per heavy atom. The fourth-order valence-electron chi connectivity index (χ4n) is 4.94. The number of methoxy groups -OCH3 is 1. The van der Waals surface area contributed by atoms with Gasteiger partial charge in [-0.3, -0.25) is 9.88 Å². The number of β-amino-alcohol motifs (C(OH)–C–C–N with tert-alkyl or cyclic N) is 1. The van der Waals surface area contributed by atoms with Gasteiger partial charge in [-0.05, 0) is 68.7 Å². The second kappa shape index (κ2) is 20.4. The standard InChI is InChI=1S/C26H42N4O2.4ClH/c1-3-4-5-6-7-15-30(18-13-27)21-11-16-29(17-12-21)20-26(31)23-10-14-28-25-9-8-22(32-2)19-24(23)25;;;;/h8-10,14,19,21,26,31H,3-7,11-13,15-18,20,27H2,1-2H3;4*1H/t26-;;;;/m0..../s1. The Morgan fingerprint density at radius 3 is 2.39 bits per heavy atom. The number of benzene rings is 1. The van der Waals surface area contributed by atoms with Crippen LogP contribution in [0.1, 0.15) is 63.5 Å². The molecule has 36 heavy (non-hydrogen) atoms. The summed E-state index contributed by atoms with van der Waals surface area (Å²) in [6.45, 7) is 7.84. The van der Waals surface area contributed by atoms with Crippen LogP contribution in [0, 0.1) is 0 Å². The van der Waals surface area contributed by atoms with E-state index in [4.69, 9.17) is 10.5 Å². The van der Waals surface area contributed by atoms with Crippen LogP contribution in [0.25, 0.3) is 10.9 Å². The summed E-state index contributed by atoms with van der Waals surface area (Å²) >= 11 is 0. The average molecular weight is 588 g/mol. The van der Waals surface area contributed by atoms with Crippen molar-refractivity contribution in [3.8, 4) is 5.75 Å². The van der Waals surface area contributed by atoms with E-state index in [-0.39, 0.29) is 49.6 Å². The maximum absolute atomic E-state index is 11.0. The van der Waals surface area contributed by atoms with Gasteiger partial charge in [0.15, 0.2) is 0 Å². The van der Waals surface area contributed by atoms with Gasteiger partial charge in [0.25, 0.3) is 0 Å². The number of nitrogens with two attached hydrogens (primary N) is 1. The molecule has 0 unspecified atom stereocenters. The second-order valence-corrected chi connectivity index (χ2v) is 9.07. The van der Waals surface area contributed by atoms with E-state index in [1.807, 2.05) is 24.3 Å². The fraction of sp³-hybridized carbons (Fsp3) is 0.654. The van der Waals surface area contributed by atoms with Gasteiger partial charge in [0, 0.05) is 37.3 Å². The lowest BCUT2D eigenvalue weighted by Crippen LogP contribution is -2.47. The Hall–Kier alpha value is -0.570. The number of pyridine rings is 1. The highest BCUT2D eigenvalue weighted by molar-refractivity contribution is 5.86. The van der Waals surface area contributed by atoms with E-state index in [1.54, 1.807) is 13.3 Å². The van der Waals surface area contributed by atoms with E-state index >= 15 is 0 Å². The molecule has 3 N–H and O–H groups in total. The van der Waals surface area contributed by atoms with Crippen molar-refractivity contribution in [3.63, 3.8) is 0 Å². The lowest BCUT2D eigenvalue weighted by atomic mass is 9.99.